The molecule has 4 aliphatic rings. The Hall–Kier alpha value is -2.31. The first-order valence-corrected chi connectivity index (χ1v) is 11.8. The third kappa shape index (κ3) is 3.41. The van der Waals surface area contributed by atoms with Crippen molar-refractivity contribution in [2.45, 2.75) is 72.1 Å². The smallest absolute Gasteiger partial charge is 0.303 e. The number of ether oxygens (including phenoxy) is 2. The van der Waals surface area contributed by atoms with Crippen molar-refractivity contribution in [3.8, 4) is 0 Å². The summed E-state index contributed by atoms with van der Waals surface area (Å²) in [6.45, 7) is 8.04. The van der Waals surface area contributed by atoms with E-state index in [1.807, 2.05) is 13.8 Å². The maximum Gasteiger partial charge on any atom is 0.303 e. The molecule has 6 nitrogen and oxygen atoms in total. The molecule has 0 N–H and O–H groups in total. The van der Waals surface area contributed by atoms with Crippen LogP contribution in [0, 0.1) is 34.5 Å². The second kappa shape index (κ2) is 7.88. The van der Waals surface area contributed by atoms with Gasteiger partial charge in [-0.15, -0.1) is 0 Å². The van der Waals surface area contributed by atoms with E-state index in [9.17, 15) is 19.2 Å². The zero-order chi connectivity index (χ0) is 24.3. The minimum absolute atomic E-state index is 0.0170. The Balaban J connectivity index is 1.78. The van der Waals surface area contributed by atoms with Gasteiger partial charge in [-0.2, -0.15) is 0 Å². The molecule has 0 saturated heterocycles. The van der Waals surface area contributed by atoms with Gasteiger partial charge in [-0.25, -0.2) is 4.39 Å². The molecular formula is C26H33FO6. The van der Waals surface area contributed by atoms with Gasteiger partial charge >= 0.3 is 11.9 Å². The minimum atomic E-state index is -1.89. The summed E-state index contributed by atoms with van der Waals surface area (Å²) in [4.78, 5) is 48.6. The van der Waals surface area contributed by atoms with Gasteiger partial charge in [0.15, 0.2) is 17.2 Å². The molecule has 0 aromatic rings. The molecule has 0 aliphatic heterocycles. The van der Waals surface area contributed by atoms with Gasteiger partial charge in [0.2, 0.25) is 0 Å². The summed E-state index contributed by atoms with van der Waals surface area (Å²) in [5, 5.41) is 0. The summed E-state index contributed by atoms with van der Waals surface area (Å²) in [6, 6.07) is 0. The van der Waals surface area contributed by atoms with Crippen LogP contribution in [-0.2, 0) is 28.7 Å². The molecule has 0 aromatic heterocycles. The minimum Gasteiger partial charge on any atom is -0.459 e. The standard InChI is InChI=1S/C26H33FO6/c1-14-10-20-19-7-6-17-11-18(30)8-9-25(17,5)26(19,27)22(33-16(3)29)12-24(20,4)23(14)21(31)13-32-15(2)28/h8-9,11,14,19-20,22-23H,6-7,10,12-13H2,1-5H3/t14-,19+,20-,22-,23+,24+,25+,26+/m1/s1. The molecule has 33 heavy (non-hydrogen) atoms. The predicted molar refractivity (Wildman–Crippen MR) is 118 cm³/mol. The summed E-state index contributed by atoms with van der Waals surface area (Å²) in [5.74, 6) is -2.37. The average molecular weight is 461 g/mol. The van der Waals surface area contributed by atoms with Gasteiger partial charge in [0.1, 0.15) is 12.7 Å². The highest BCUT2D eigenvalue weighted by molar-refractivity contribution is 6.01. The number of rotatable bonds is 4. The maximum atomic E-state index is 17.6. The number of fused-ring (bicyclic) bond motifs is 5. The van der Waals surface area contributed by atoms with Gasteiger partial charge in [0.05, 0.1) is 0 Å². The van der Waals surface area contributed by atoms with E-state index in [1.165, 1.54) is 26.0 Å². The van der Waals surface area contributed by atoms with Crippen LogP contribution in [-0.4, -0.2) is 41.9 Å². The van der Waals surface area contributed by atoms with Crippen LogP contribution in [0.5, 0.6) is 0 Å². The number of hydrogen-bond acceptors (Lipinski definition) is 6. The average Bonchev–Trinajstić information content (AvgIpc) is 2.97. The molecule has 8 atom stereocenters. The lowest BCUT2D eigenvalue weighted by Gasteiger charge is -2.62. The first-order chi connectivity index (χ1) is 15.3. The van der Waals surface area contributed by atoms with E-state index in [-0.39, 0.29) is 36.4 Å². The normalized spacial score (nSPS) is 43.6. The Morgan fingerprint density at radius 3 is 2.48 bits per heavy atom. The number of esters is 2. The number of alkyl halides is 1. The fourth-order valence-electron chi connectivity index (χ4n) is 7.82. The van der Waals surface area contributed by atoms with E-state index >= 15 is 4.39 Å². The fourth-order valence-corrected chi connectivity index (χ4v) is 7.82. The van der Waals surface area contributed by atoms with Crippen molar-refractivity contribution in [3.05, 3.63) is 23.8 Å². The lowest BCUT2D eigenvalue weighted by Crippen LogP contribution is -2.67. The molecule has 0 heterocycles. The van der Waals surface area contributed by atoms with Gasteiger partial charge in [-0.05, 0) is 62.0 Å². The van der Waals surface area contributed by atoms with E-state index < -0.39 is 46.4 Å². The highest BCUT2D eigenvalue weighted by Gasteiger charge is 2.72. The first-order valence-electron chi connectivity index (χ1n) is 11.8. The SMILES string of the molecule is CC(=O)OCC(=O)[C@@H]1[C@H](C)C[C@@H]2[C@@H]3CCC4=CC(=O)C=C[C@]4(C)[C@@]3(F)[C@H](OC(C)=O)C[C@@]21C. The number of ketones is 2. The molecule has 0 unspecified atom stereocenters. The Morgan fingerprint density at radius 2 is 1.85 bits per heavy atom. The highest BCUT2D eigenvalue weighted by Crippen LogP contribution is 2.70. The Kier molecular flexibility index (Phi) is 5.69. The number of carbonyl (C=O) groups is 4. The molecule has 3 saturated carbocycles. The topological polar surface area (TPSA) is 86.7 Å². The third-order valence-corrected chi connectivity index (χ3v) is 9.03. The zero-order valence-corrected chi connectivity index (χ0v) is 20.0. The van der Waals surface area contributed by atoms with Crippen LogP contribution in [0.1, 0.15) is 60.3 Å². The van der Waals surface area contributed by atoms with E-state index in [4.69, 9.17) is 9.47 Å². The number of hydrogen-bond donors (Lipinski definition) is 0. The predicted octanol–water partition coefficient (Wildman–Crippen LogP) is 3.92. The van der Waals surface area contributed by atoms with Crippen molar-refractivity contribution >= 4 is 23.5 Å². The first kappa shape index (κ1) is 23.8. The molecule has 0 bridgehead atoms. The fraction of sp³-hybridized carbons (Fsp3) is 0.692. The molecule has 4 aliphatic carbocycles. The summed E-state index contributed by atoms with van der Waals surface area (Å²) in [5.41, 5.74) is -2.81. The number of halogens is 1. The van der Waals surface area contributed by atoms with E-state index in [0.29, 0.717) is 19.3 Å². The molecule has 7 heteroatoms. The lowest BCUT2D eigenvalue weighted by atomic mass is 9.45. The molecule has 4 rings (SSSR count). The van der Waals surface area contributed by atoms with Crippen LogP contribution in [0.25, 0.3) is 0 Å². The lowest BCUT2D eigenvalue weighted by molar-refractivity contribution is -0.213. The zero-order valence-electron chi connectivity index (χ0n) is 20.0. The van der Waals surface area contributed by atoms with E-state index in [1.54, 1.807) is 13.0 Å². The van der Waals surface area contributed by atoms with Gasteiger partial charge in [0.25, 0.3) is 0 Å². The molecule has 0 radical (unpaired) electrons. The van der Waals surface area contributed by atoms with Crippen LogP contribution < -0.4 is 0 Å². The Bertz CT molecular complexity index is 968. The van der Waals surface area contributed by atoms with Gasteiger partial charge < -0.3 is 9.47 Å². The molecule has 0 amide bonds. The summed E-state index contributed by atoms with van der Waals surface area (Å²) in [7, 11) is 0. The highest BCUT2D eigenvalue weighted by atomic mass is 19.1. The number of Topliss-reactive ketones (excluding diaryl/α,β-unsaturated/α-hetero) is 1. The van der Waals surface area contributed by atoms with Crippen molar-refractivity contribution in [2.24, 2.45) is 34.5 Å². The van der Waals surface area contributed by atoms with Crippen LogP contribution in [0.2, 0.25) is 0 Å². The van der Waals surface area contributed by atoms with E-state index in [2.05, 4.69) is 0 Å². The number of carbonyl (C=O) groups excluding carboxylic acids is 4. The second-order valence-corrected chi connectivity index (χ2v) is 10.9. The summed E-state index contributed by atoms with van der Waals surface area (Å²) in [6.07, 6.45) is 5.52. The van der Waals surface area contributed by atoms with E-state index in [0.717, 1.165) is 5.57 Å². The van der Waals surface area contributed by atoms with Gasteiger partial charge in [-0.3, -0.25) is 19.2 Å². The molecule has 180 valence electrons. The Morgan fingerprint density at radius 1 is 1.15 bits per heavy atom. The van der Waals surface area contributed by atoms with Crippen molar-refractivity contribution < 1.29 is 33.0 Å². The quantitative estimate of drug-likeness (QED) is 0.591. The van der Waals surface area contributed by atoms with Crippen molar-refractivity contribution in [1.29, 1.82) is 0 Å². The largest absolute Gasteiger partial charge is 0.459 e. The van der Waals surface area contributed by atoms with Crippen LogP contribution in [0.4, 0.5) is 4.39 Å². The van der Waals surface area contributed by atoms with Crippen LogP contribution >= 0.6 is 0 Å². The summed E-state index contributed by atoms with van der Waals surface area (Å²) >= 11 is 0. The van der Waals surface area contributed by atoms with Crippen molar-refractivity contribution in [2.75, 3.05) is 6.61 Å². The molecule has 0 aromatic carbocycles. The number of allylic oxidation sites excluding steroid dienone is 4. The van der Waals surface area contributed by atoms with Crippen LogP contribution in [0.15, 0.2) is 23.8 Å². The van der Waals surface area contributed by atoms with Crippen LogP contribution in [0.3, 0.4) is 0 Å². The van der Waals surface area contributed by atoms with Gasteiger partial charge in [-0.1, -0.05) is 25.5 Å². The van der Waals surface area contributed by atoms with Gasteiger partial charge in [0, 0.05) is 31.1 Å². The summed E-state index contributed by atoms with van der Waals surface area (Å²) < 4.78 is 28.3. The van der Waals surface area contributed by atoms with Crippen molar-refractivity contribution in [1.82, 2.24) is 0 Å². The molecular weight excluding hydrogens is 427 g/mol. The molecule has 3 fully saturated rings. The Labute approximate surface area is 193 Å². The third-order valence-electron chi connectivity index (χ3n) is 9.03. The maximum absolute atomic E-state index is 17.6. The molecule has 0 spiro atoms. The van der Waals surface area contributed by atoms with Crippen molar-refractivity contribution in [3.63, 3.8) is 0 Å². The monoisotopic (exact) mass is 460 g/mol. The second-order valence-electron chi connectivity index (χ2n) is 10.9.